The molecule has 0 unspecified atom stereocenters. The van der Waals surface area contributed by atoms with E-state index in [0.29, 0.717) is 32.0 Å². The van der Waals surface area contributed by atoms with Crippen molar-refractivity contribution in [1.29, 1.82) is 0 Å². The van der Waals surface area contributed by atoms with Gasteiger partial charge in [-0.05, 0) is 26.8 Å². The fraction of sp³-hybridized carbons (Fsp3) is 0.476. The second-order valence-corrected chi connectivity index (χ2v) is 10.7. The van der Waals surface area contributed by atoms with Crippen molar-refractivity contribution in [1.82, 2.24) is 15.0 Å². The number of piperidine rings is 1. The third kappa shape index (κ3) is 7.22. The quantitative estimate of drug-likeness (QED) is 0.589. The van der Waals surface area contributed by atoms with Crippen molar-refractivity contribution >= 4 is 27.5 Å². The maximum atomic E-state index is 14.3. The van der Waals surface area contributed by atoms with E-state index in [9.17, 15) is 22.0 Å². The number of nitrogens with zero attached hydrogens (tertiary/aromatic N) is 3. The first-order valence-corrected chi connectivity index (χ1v) is 12.3. The maximum absolute atomic E-state index is 14.3. The van der Waals surface area contributed by atoms with Gasteiger partial charge >= 0.3 is 6.16 Å². The van der Waals surface area contributed by atoms with Crippen LogP contribution in [0.25, 0.3) is 0 Å². The van der Waals surface area contributed by atoms with Gasteiger partial charge < -0.3 is 19.6 Å². The number of nitrogens with one attached hydrogen (secondary N) is 1. The Hall–Kier alpha value is -3.06. The minimum absolute atomic E-state index is 0.126. The number of ether oxygens (including phenoxy) is 2. The van der Waals surface area contributed by atoms with Gasteiger partial charge in [0.25, 0.3) is 0 Å². The molecular formula is C21H26F2N4O6S. The maximum Gasteiger partial charge on any atom is 0.528 e. The van der Waals surface area contributed by atoms with Gasteiger partial charge in [0.05, 0.1) is 5.69 Å². The number of rotatable bonds is 6. The molecule has 2 heterocycles. The Morgan fingerprint density at radius 2 is 1.79 bits per heavy atom. The molecule has 0 aliphatic carbocycles. The van der Waals surface area contributed by atoms with E-state index >= 15 is 0 Å². The van der Waals surface area contributed by atoms with Gasteiger partial charge in [-0.15, -0.1) is 5.06 Å². The fourth-order valence-electron chi connectivity index (χ4n) is 3.10. The van der Waals surface area contributed by atoms with Crippen molar-refractivity contribution in [3.8, 4) is 5.88 Å². The molecule has 34 heavy (non-hydrogen) atoms. The molecule has 1 aliphatic rings. The summed E-state index contributed by atoms with van der Waals surface area (Å²) < 4.78 is 62.5. The largest absolute Gasteiger partial charge is 0.528 e. The van der Waals surface area contributed by atoms with Crippen molar-refractivity contribution in [2.75, 3.05) is 24.7 Å². The molecule has 1 aliphatic heterocycles. The Balaban J connectivity index is 1.58. The second kappa shape index (κ2) is 10.1. The predicted molar refractivity (Wildman–Crippen MR) is 117 cm³/mol. The van der Waals surface area contributed by atoms with Crippen molar-refractivity contribution in [2.24, 2.45) is 0 Å². The first kappa shape index (κ1) is 25.6. The number of carbonyl (C=O) groups is 1. The molecule has 1 saturated heterocycles. The summed E-state index contributed by atoms with van der Waals surface area (Å²) in [6, 6.07) is 2.76. The van der Waals surface area contributed by atoms with Gasteiger partial charge in [0.2, 0.25) is 5.88 Å². The highest BCUT2D eigenvalue weighted by molar-refractivity contribution is 7.90. The van der Waals surface area contributed by atoms with E-state index in [1.54, 1.807) is 20.8 Å². The lowest BCUT2D eigenvalue weighted by molar-refractivity contribution is -0.159. The van der Waals surface area contributed by atoms with Crippen LogP contribution in [0.2, 0.25) is 0 Å². The minimum Gasteiger partial charge on any atom is -0.474 e. The Morgan fingerprint density at radius 3 is 2.41 bits per heavy atom. The van der Waals surface area contributed by atoms with Gasteiger partial charge in [0.15, 0.2) is 9.84 Å². The Morgan fingerprint density at radius 1 is 1.12 bits per heavy atom. The van der Waals surface area contributed by atoms with Crippen LogP contribution in [0.3, 0.4) is 0 Å². The topological polar surface area (TPSA) is 120 Å². The lowest BCUT2D eigenvalue weighted by atomic mass is 10.1. The van der Waals surface area contributed by atoms with E-state index in [0.717, 1.165) is 12.3 Å². The highest BCUT2D eigenvalue weighted by Gasteiger charge is 2.26. The molecule has 2 aromatic rings. The van der Waals surface area contributed by atoms with Crippen LogP contribution < -0.4 is 10.1 Å². The van der Waals surface area contributed by atoms with Crippen LogP contribution in [0, 0.1) is 11.6 Å². The fourth-order valence-corrected chi connectivity index (χ4v) is 3.84. The first-order valence-electron chi connectivity index (χ1n) is 10.4. The standard InChI is InChI=1S/C21H26F2N4O6S/c1-21(2,3)32-20(28)33-27-7-5-13(6-8-27)31-19-11-18(24-12-25-19)26-16-9-15(23)17(10-14(16)22)34(4,29)30/h9-13H,5-8H2,1-4H3,(H,24,25,26). The number of aromatic nitrogens is 2. The highest BCUT2D eigenvalue weighted by atomic mass is 32.2. The van der Waals surface area contributed by atoms with Gasteiger partial charge in [0.1, 0.15) is 40.4 Å². The van der Waals surface area contributed by atoms with Crippen LogP contribution in [0.1, 0.15) is 33.6 Å². The zero-order valence-corrected chi connectivity index (χ0v) is 20.0. The van der Waals surface area contributed by atoms with Gasteiger partial charge in [0, 0.05) is 44.3 Å². The predicted octanol–water partition coefficient (Wildman–Crippen LogP) is 3.61. The van der Waals surface area contributed by atoms with Crippen molar-refractivity contribution in [3.05, 3.63) is 36.2 Å². The third-order valence-electron chi connectivity index (χ3n) is 4.61. The van der Waals surface area contributed by atoms with E-state index in [1.807, 2.05) is 0 Å². The molecule has 0 amide bonds. The monoisotopic (exact) mass is 500 g/mol. The molecule has 0 radical (unpaired) electrons. The Kier molecular flexibility index (Phi) is 7.56. The molecule has 1 fully saturated rings. The summed E-state index contributed by atoms with van der Waals surface area (Å²) >= 11 is 0. The van der Waals surface area contributed by atoms with Gasteiger partial charge in [-0.25, -0.2) is 32.0 Å². The number of halogens is 2. The summed E-state index contributed by atoms with van der Waals surface area (Å²) in [6.45, 7) is 6.09. The van der Waals surface area contributed by atoms with Crippen molar-refractivity contribution in [3.63, 3.8) is 0 Å². The van der Waals surface area contributed by atoms with Crippen molar-refractivity contribution < 1.29 is 36.3 Å². The van der Waals surface area contributed by atoms with Gasteiger partial charge in [-0.2, -0.15) is 0 Å². The summed E-state index contributed by atoms with van der Waals surface area (Å²) in [4.78, 5) is 24.2. The number of sulfone groups is 1. The zero-order chi connectivity index (χ0) is 25.1. The molecule has 10 nitrogen and oxygen atoms in total. The summed E-state index contributed by atoms with van der Waals surface area (Å²) in [5, 5.41) is 4.09. The molecule has 13 heteroatoms. The molecule has 3 rings (SSSR count). The van der Waals surface area contributed by atoms with Crippen LogP contribution in [0.15, 0.2) is 29.4 Å². The minimum atomic E-state index is -3.91. The van der Waals surface area contributed by atoms with E-state index in [4.69, 9.17) is 14.3 Å². The Labute approximate surface area is 196 Å². The number of hydrogen-bond acceptors (Lipinski definition) is 10. The lowest BCUT2D eigenvalue weighted by Gasteiger charge is -2.30. The molecule has 0 spiro atoms. The average Bonchev–Trinajstić information content (AvgIpc) is 2.70. The Bertz CT molecular complexity index is 1150. The van der Waals surface area contributed by atoms with E-state index in [1.165, 1.54) is 17.5 Å². The SMILES string of the molecule is CC(C)(C)OC(=O)ON1CCC(Oc2cc(Nc3cc(F)c(S(C)(=O)=O)cc3F)ncn2)CC1. The number of benzene rings is 1. The van der Waals surface area contributed by atoms with Gasteiger partial charge in [-0.1, -0.05) is 0 Å². The normalized spacial score (nSPS) is 15.6. The van der Waals surface area contributed by atoms with Crippen LogP contribution >= 0.6 is 0 Å². The summed E-state index contributed by atoms with van der Waals surface area (Å²) in [6.07, 6.45) is 2.08. The molecule has 0 atom stereocenters. The molecule has 0 bridgehead atoms. The van der Waals surface area contributed by atoms with Crippen LogP contribution in [0.5, 0.6) is 5.88 Å². The number of hydrogen-bond donors (Lipinski definition) is 1. The smallest absolute Gasteiger partial charge is 0.474 e. The molecule has 1 N–H and O–H groups in total. The van der Waals surface area contributed by atoms with Gasteiger partial charge in [-0.3, -0.25) is 0 Å². The van der Waals surface area contributed by atoms with Crippen molar-refractivity contribution in [2.45, 2.75) is 50.2 Å². The third-order valence-corrected chi connectivity index (χ3v) is 5.72. The molecule has 186 valence electrons. The average molecular weight is 501 g/mol. The van der Waals surface area contributed by atoms with Crippen LogP contribution in [-0.4, -0.2) is 60.7 Å². The van der Waals surface area contributed by atoms with E-state index in [2.05, 4.69) is 15.3 Å². The first-order chi connectivity index (χ1) is 15.8. The summed E-state index contributed by atoms with van der Waals surface area (Å²) in [5.74, 6) is -1.71. The molecule has 1 aromatic heterocycles. The van der Waals surface area contributed by atoms with E-state index < -0.39 is 38.1 Å². The molecule has 0 saturated carbocycles. The lowest BCUT2D eigenvalue weighted by Crippen LogP contribution is -2.40. The molecular weight excluding hydrogens is 474 g/mol. The zero-order valence-electron chi connectivity index (χ0n) is 19.2. The second-order valence-electron chi connectivity index (χ2n) is 8.70. The van der Waals surface area contributed by atoms with Crippen LogP contribution in [-0.2, 0) is 19.4 Å². The number of anilines is 2. The van der Waals surface area contributed by atoms with E-state index in [-0.39, 0.29) is 23.5 Å². The number of carbonyl (C=O) groups excluding carboxylic acids is 1. The summed E-state index contributed by atoms with van der Waals surface area (Å²) in [5.41, 5.74) is -0.941. The van der Waals surface area contributed by atoms with Crippen LogP contribution in [0.4, 0.5) is 25.1 Å². The highest BCUT2D eigenvalue weighted by Crippen LogP contribution is 2.26. The molecule has 1 aromatic carbocycles. The number of hydroxylamine groups is 2. The summed E-state index contributed by atoms with van der Waals surface area (Å²) in [7, 11) is -3.91.